The SMILES string of the molecule is CCCCC(C)NC1C=CC=CC=C1C. The first-order valence-electron chi connectivity index (χ1n) is 6.01. The molecule has 0 aliphatic heterocycles. The minimum Gasteiger partial charge on any atom is -0.304 e. The predicted octanol–water partition coefficient (Wildman–Crippen LogP) is 3.60. The molecule has 0 saturated heterocycles. The highest BCUT2D eigenvalue weighted by molar-refractivity contribution is 5.28. The van der Waals surface area contributed by atoms with Crippen LogP contribution < -0.4 is 5.32 Å². The minimum atomic E-state index is 0.409. The molecule has 1 aliphatic carbocycles. The Labute approximate surface area is 94.0 Å². The van der Waals surface area contributed by atoms with Crippen LogP contribution in [0.3, 0.4) is 0 Å². The fourth-order valence-corrected chi connectivity index (χ4v) is 1.79. The Kier molecular flexibility index (Phi) is 5.41. The number of unbranched alkanes of at least 4 members (excludes halogenated alkanes) is 1. The van der Waals surface area contributed by atoms with Crippen molar-refractivity contribution in [3.05, 3.63) is 36.0 Å². The summed E-state index contributed by atoms with van der Waals surface area (Å²) in [5, 5.41) is 3.65. The van der Waals surface area contributed by atoms with E-state index in [0.29, 0.717) is 12.1 Å². The molecule has 0 amide bonds. The Bertz CT molecular complexity index is 261. The van der Waals surface area contributed by atoms with Crippen LogP contribution in [0.5, 0.6) is 0 Å². The summed E-state index contributed by atoms with van der Waals surface area (Å²) in [6.45, 7) is 6.70. The zero-order valence-corrected chi connectivity index (χ0v) is 10.2. The molecule has 0 saturated carbocycles. The van der Waals surface area contributed by atoms with Gasteiger partial charge in [0.25, 0.3) is 0 Å². The lowest BCUT2D eigenvalue weighted by Gasteiger charge is -2.21. The second-order valence-corrected chi connectivity index (χ2v) is 4.37. The van der Waals surface area contributed by atoms with Gasteiger partial charge in [0.05, 0.1) is 0 Å². The monoisotopic (exact) mass is 205 g/mol. The van der Waals surface area contributed by atoms with Gasteiger partial charge < -0.3 is 5.32 Å². The summed E-state index contributed by atoms with van der Waals surface area (Å²) in [6, 6.07) is 1.01. The fourth-order valence-electron chi connectivity index (χ4n) is 1.79. The molecule has 0 heterocycles. The van der Waals surface area contributed by atoms with Crippen molar-refractivity contribution in [2.75, 3.05) is 0 Å². The third-order valence-corrected chi connectivity index (χ3v) is 2.83. The van der Waals surface area contributed by atoms with E-state index < -0.39 is 0 Å². The smallest absolute Gasteiger partial charge is 0.0470 e. The summed E-state index contributed by atoms with van der Waals surface area (Å²) < 4.78 is 0. The van der Waals surface area contributed by atoms with Gasteiger partial charge in [-0.05, 0) is 20.3 Å². The molecule has 0 fully saturated rings. The topological polar surface area (TPSA) is 12.0 Å². The number of hydrogen-bond donors (Lipinski definition) is 1. The van der Waals surface area contributed by atoms with Crippen LogP contribution in [0.2, 0.25) is 0 Å². The maximum absolute atomic E-state index is 3.65. The lowest BCUT2D eigenvalue weighted by Crippen LogP contribution is -2.35. The number of rotatable bonds is 5. The molecule has 15 heavy (non-hydrogen) atoms. The zero-order valence-electron chi connectivity index (χ0n) is 10.2. The van der Waals surface area contributed by atoms with Crippen molar-refractivity contribution in [1.82, 2.24) is 5.32 Å². The van der Waals surface area contributed by atoms with E-state index in [2.05, 4.69) is 56.5 Å². The first-order valence-corrected chi connectivity index (χ1v) is 6.01. The molecule has 0 bridgehead atoms. The fraction of sp³-hybridized carbons (Fsp3) is 0.571. The maximum Gasteiger partial charge on any atom is 0.0470 e. The van der Waals surface area contributed by atoms with Gasteiger partial charge in [0.1, 0.15) is 0 Å². The van der Waals surface area contributed by atoms with Gasteiger partial charge in [-0.1, -0.05) is 55.7 Å². The van der Waals surface area contributed by atoms with Crippen LogP contribution in [0.25, 0.3) is 0 Å². The quantitative estimate of drug-likeness (QED) is 0.723. The highest BCUT2D eigenvalue weighted by Crippen LogP contribution is 2.10. The molecule has 2 atom stereocenters. The highest BCUT2D eigenvalue weighted by atomic mass is 14.9. The largest absolute Gasteiger partial charge is 0.304 e. The number of allylic oxidation sites excluding steroid dienone is 4. The third kappa shape index (κ3) is 4.48. The lowest BCUT2D eigenvalue weighted by atomic mass is 10.1. The van der Waals surface area contributed by atoms with E-state index in [1.807, 2.05) is 0 Å². The van der Waals surface area contributed by atoms with Crippen LogP contribution in [0.15, 0.2) is 36.0 Å². The Hall–Kier alpha value is -0.820. The van der Waals surface area contributed by atoms with E-state index in [9.17, 15) is 0 Å². The number of nitrogens with one attached hydrogen (secondary N) is 1. The zero-order chi connectivity index (χ0) is 11.1. The van der Waals surface area contributed by atoms with Crippen LogP contribution in [-0.2, 0) is 0 Å². The van der Waals surface area contributed by atoms with Crippen molar-refractivity contribution >= 4 is 0 Å². The Morgan fingerprint density at radius 2 is 2.13 bits per heavy atom. The molecule has 1 rings (SSSR count). The predicted molar refractivity (Wildman–Crippen MR) is 67.9 cm³/mol. The van der Waals surface area contributed by atoms with Crippen LogP contribution in [-0.4, -0.2) is 12.1 Å². The molecule has 0 aromatic carbocycles. The summed E-state index contributed by atoms with van der Waals surface area (Å²) in [7, 11) is 0. The maximum atomic E-state index is 3.65. The molecule has 0 aromatic rings. The van der Waals surface area contributed by atoms with Gasteiger partial charge in [-0.25, -0.2) is 0 Å². The second-order valence-electron chi connectivity index (χ2n) is 4.37. The average molecular weight is 205 g/mol. The van der Waals surface area contributed by atoms with Gasteiger partial charge >= 0.3 is 0 Å². The van der Waals surface area contributed by atoms with Gasteiger partial charge in [0, 0.05) is 12.1 Å². The van der Waals surface area contributed by atoms with Gasteiger partial charge in [-0.2, -0.15) is 0 Å². The van der Waals surface area contributed by atoms with Gasteiger partial charge in [0.15, 0.2) is 0 Å². The van der Waals surface area contributed by atoms with Crippen molar-refractivity contribution in [3.63, 3.8) is 0 Å². The van der Waals surface area contributed by atoms with Crippen molar-refractivity contribution in [3.8, 4) is 0 Å². The summed E-state index contributed by atoms with van der Waals surface area (Å²) in [4.78, 5) is 0. The molecule has 1 heteroatoms. The Balaban J connectivity index is 2.43. The summed E-state index contributed by atoms with van der Waals surface area (Å²) >= 11 is 0. The first-order chi connectivity index (χ1) is 7.24. The molecular weight excluding hydrogens is 182 g/mol. The van der Waals surface area contributed by atoms with E-state index in [1.165, 1.54) is 24.8 Å². The Morgan fingerprint density at radius 1 is 1.33 bits per heavy atom. The molecule has 2 unspecified atom stereocenters. The van der Waals surface area contributed by atoms with Crippen molar-refractivity contribution < 1.29 is 0 Å². The van der Waals surface area contributed by atoms with Crippen LogP contribution in [0.4, 0.5) is 0 Å². The first kappa shape index (κ1) is 12.3. The highest BCUT2D eigenvalue weighted by Gasteiger charge is 2.10. The number of hydrogen-bond acceptors (Lipinski definition) is 1. The molecule has 84 valence electrons. The van der Waals surface area contributed by atoms with E-state index in [0.717, 1.165) is 0 Å². The van der Waals surface area contributed by atoms with E-state index in [1.54, 1.807) is 0 Å². The summed E-state index contributed by atoms with van der Waals surface area (Å²) in [5.41, 5.74) is 1.39. The third-order valence-electron chi connectivity index (χ3n) is 2.83. The second kappa shape index (κ2) is 6.62. The van der Waals surface area contributed by atoms with Crippen molar-refractivity contribution in [1.29, 1.82) is 0 Å². The standard InChI is InChI=1S/C14H23N/c1-4-5-10-13(3)15-14-11-8-6-7-9-12(14)2/h6-9,11,13-15H,4-5,10H2,1-3H3. The molecule has 1 nitrogen and oxygen atoms in total. The van der Waals surface area contributed by atoms with Crippen LogP contribution in [0, 0.1) is 0 Å². The van der Waals surface area contributed by atoms with Crippen molar-refractivity contribution in [2.45, 2.75) is 52.1 Å². The minimum absolute atomic E-state index is 0.409. The molecule has 1 aliphatic rings. The van der Waals surface area contributed by atoms with E-state index in [4.69, 9.17) is 0 Å². The summed E-state index contributed by atoms with van der Waals surface area (Å²) in [6.07, 6.45) is 14.6. The van der Waals surface area contributed by atoms with E-state index in [-0.39, 0.29) is 0 Å². The van der Waals surface area contributed by atoms with E-state index >= 15 is 0 Å². The van der Waals surface area contributed by atoms with Gasteiger partial charge in [-0.15, -0.1) is 0 Å². The Morgan fingerprint density at radius 3 is 2.87 bits per heavy atom. The van der Waals surface area contributed by atoms with Crippen LogP contribution >= 0.6 is 0 Å². The van der Waals surface area contributed by atoms with Gasteiger partial charge in [0.2, 0.25) is 0 Å². The normalized spacial score (nSPS) is 22.3. The molecule has 0 spiro atoms. The van der Waals surface area contributed by atoms with Crippen molar-refractivity contribution in [2.24, 2.45) is 0 Å². The lowest BCUT2D eigenvalue weighted by molar-refractivity contribution is 0.481. The van der Waals surface area contributed by atoms with Crippen LogP contribution in [0.1, 0.15) is 40.0 Å². The molecule has 0 aromatic heterocycles. The molecule has 1 N–H and O–H groups in total. The molecule has 0 radical (unpaired) electrons. The molecular formula is C14H23N. The average Bonchev–Trinajstić information content (AvgIpc) is 2.42. The van der Waals surface area contributed by atoms with Gasteiger partial charge in [-0.3, -0.25) is 0 Å². The summed E-state index contributed by atoms with van der Waals surface area (Å²) in [5.74, 6) is 0.